The summed E-state index contributed by atoms with van der Waals surface area (Å²) in [5.74, 6) is -0.101. The Kier molecular flexibility index (Phi) is 7.03. The molecule has 1 atom stereocenters. The van der Waals surface area contributed by atoms with Crippen LogP contribution in [-0.4, -0.2) is 0 Å². The van der Waals surface area contributed by atoms with Crippen LogP contribution in [0.15, 0.2) is 42.5 Å². The van der Waals surface area contributed by atoms with E-state index in [0.717, 1.165) is 36.5 Å². The summed E-state index contributed by atoms with van der Waals surface area (Å²) >= 11 is 0. The minimum absolute atomic E-state index is 0.123. The monoisotopic (exact) mass is 383 g/mol. The van der Waals surface area contributed by atoms with Gasteiger partial charge in [0, 0.05) is 12.1 Å². The van der Waals surface area contributed by atoms with E-state index >= 15 is 0 Å². The normalized spacial score (nSPS) is 20.4. The molecule has 0 amide bonds. The molecule has 0 aliphatic heterocycles. The third-order valence-corrected chi connectivity index (χ3v) is 5.96. The maximum absolute atomic E-state index is 14.0. The highest BCUT2D eigenvalue weighted by Crippen LogP contribution is 2.36. The third-order valence-electron chi connectivity index (χ3n) is 5.96. The van der Waals surface area contributed by atoms with Gasteiger partial charge in [-0.25, -0.2) is 8.78 Å². The molecule has 28 heavy (non-hydrogen) atoms. The molecule has 4 heteroatoms. The lowest BCUT2D eigenvalue weighted by atomic mass is 9.78. The second kappa shape index (κ2) is 9.68. The number of nitrogens with zero attached hydrogens (tertiary/aromatic N) is 1. The number of nitriles is 1. The van der Waals surface area contributed by atoms with Crippen LogP contribution < -0.4 is 4.74 Å². The second-order valence-corrected chi connectivity index (χ2v) is 7.76. The quantitative estimate of drug-likeness (QED) is 0.518. The zero-order valence-corrected chi connectivity index (χ0v) is 16.3. The van der Waals surface area contributed by atoms with Crippen LogP contribution in [0.3, 0.4) is 0 Å². The minimum Gasteiger partial charge on any atom is -0.486 e. The zero-order chi connectivity index (χ0) is 19.9. The number of ether oxygens (including phenoxy) is 1. The minimum atomic E-state index is -0.887. The first-order valence-corrected chi connectivity index (χ1v) is 10.2. The van der Waals surface area contributed by atoms with Crippen LogP contribution in [0.5, 0.6) is 5.75 Å². The Balaban J connectivity index is 1.71. The van der Waals surface area contributed by atoms with Gasteiger partial charge in [-0.1, -0.05) is 69.4 Å². The Labute approximate surface area is 166 Å². The largest absolute Gasteiger partial charge is 0.486 e. The van der Waals surface area contributed by atoms with Crippen molar-refractivity contribution in [1.82, 2.24) is 0 Å². The maximum atomic E-state index is 14.0. The van der Waals surface area contributed by atoms with E-state index < -0.39 is 17.2 Å². The lowest BCUT2D eigenvalue weighted by Gasteiger charge is -2.29. The van der Waals surface area contributed by atoms with Gasteiger partial charge in [0.2, 0.25) is 0 Å². The van der Waals surface area contributed by atoms with Crippen molar-refractivity contribution in [2.75, 3.05) is 0 Å². The smallest absolute Gasteiger partial charge is 0.147 e. The second-order valence-electron chi connectivity index (χ2n) is 7.76. The fourth-order valence-corrected chi connectivity index (χ4v) is 4.17. The van der Waals surface area contributed by atoms with Crippen molar-refractivity contribution in [3.8, 4) is 11.8 Å². The van der Waals surface area contributed by atoms with Crippen LogP contribution in [0.2, 0.25) is 0 Å². The molecule has 2 aromatic rings. The van der Waals surface area contributed by atoms with Crippen molar-refractivity contribution in [2.45, 2.75) is 58.0 Å². The van der Waals surface area contributed by atoms with Crippen LogP contribution in [0, 0.1) is 34.8 Å². The molecule has 1 aliphatic rings. The zero-order valence-electron chi connectivity index (χ0n) is 16.3. The Bertz CT molecular complexity index is 784. The van der Waals surface area contributed by atoms with E-state index in [2.05, 4.69) is 6.92 Å². The number of benzene rings is 2. The van der Waals surface area contributed by atoms with Gasteiger partial charge < -0.3 is 4.74 Å². The molecule has 148 valence electrons. The first kappa shape index (κ1) is 20.3. The van der Waals surface area contributed by atoms with Gasteiger partial charge in [-0.05, 0) is 30.2 Å². The van der Waals surface area contributed by atoms with Crippen molar-refractivity contribution < 1.29 is 13.5 Å². The summed E-state index contributed by atoms with van der Waals surface area (Å²) < 4.78 is 33.9. The van der Waals surface area contributed by atoms with Gasteiger partial charge in [-0.2, -0.15) is 5.26 Å². The van der Waals surface area contributed by atoms with Gasteiger partial charge in [0.15, 0.2) is 0 Å². The molecule has 2 aromatic carbocycles. The molecule has 1 unspecified atom stereocenters. The van der Waals surface area contributed by atoms with Crippen molar-refractivity contribution >= 4 is 0 Å². The van der Waals surface area contributed by atoms with Gasteiger partial charge in [0.25, 0.3) is 0 Å². The Morgan fingerprint density at radius 1 is 1.04 bits per heavy atom. The number of hydrogen-bond acceptors (Lipinski definition) is 2. The third kappa shape index (κ3) is 5.10. The predicted octanol–water partition coefficient (Wildman–Crippen LogP) is 6.95. The molecule has 0 aromatic heterocycles. The van der Waals surface area contributed by atoms with Gasteiger partial charge in [-0.3, -0.25) is 0 Å². The molecule has 0 N–H and O–H groups in total. The summed E-state index contributed by atoms with van der Waals surface area (Å²) in [4.78, 5) is 0. The van der Waals surface area contributed by atoms with Crippen molar-refractivity contribution in [3.63, 3.8) is 0 Å². The van der Waals surface area contributed by atoms with Gasteiger partial charge >= 0.3 is 0 Å². The van der Waals surface area contributed by atoms with Crippen LogP contribution in [0.25, 0.3) is 0 Å². The Hall–Kier alpha value is -2.41. The highest BCUT2D eigenvalue weighted by Gasteiger charge is 2.23. The first-order valence-electron chi connectivity index (χ1n) is 10.2. The lowest BCUT2D eigenvalue weighted by molar-refractivity contribution is 0.167. The molecular formula is C24H27F2NO. The Morgan fingerprint density at radius 3 is 2.21 bits per heavy atom. The molecule has 0 heterocycles. The molecule has 0 bridgehead atoms. The topological polar surface area (TPSA) is 33.0 Å². The molecule has 0 saturated heterocycles. The summed E-state index contributed by atoms with van der Waals surface area (Å²) in [5, 5.41) is 8.84. The first-order chi connectivity index (χ1) is 13.6. The maximum Gasteiger partial charge on any atom is 0.147 e. The highest BCUT2D eigenvalue weighted by atomic mass is 19.1. The number of hydrogen-bond donors (Lipinski definition) is 0. The van der Waals surface area contributed by atoms with Crippen LogP contribution >= 0.6 is 0 Å². The van der Waals surface area contributed by atoms with E-state index in [0.29, 0.717) is 5.92 Å². The van der Waals surface area contributed by atoms with E-state index in [1.54, 1.807) is 6.07 Å². The molecular weight excluding hydrogens is 356 g/mol. The molecule has 3 rings (SSSR count). The summed E-state index contributed by atoms with van der Waals surface area (Å²) in [7, 11) is 0. The highest BCUT2D eigenvalue weighted by molar-refractivity contribution is 5.38. The van der Waals surface area contributed by atoms with Gasteiger partial charge in [0.05, 0.1) is 0 Å². The van der Waals surface area contributed by atoms with E-state index in [1.165, 1.54) is 32.1 Å². The van der Waals surface area contributed by atoms with E-state index in [-0.39, 0.29) is 11.9 Å². The number of rotatable bonds is 7. The SMILES string of the molecule is CC[C@H]1CC[C@H](CCC(Oc2cc(F)c(C#N)c(F)c2)c2ccccc2)CC1. The molecule has 1 saturated carbocycles. The average Bonchev–Trinajstić information content (AvgIpc) is 2.72. The lowest BCUT2D eigenvalue weighted by Crippen LogP contribution is -2.16. The summed E-state index contributed by atoms with van der Waals surface area (Å²) in [6, 6.07) is 13.5. The summed E-state index contributed by atoms with van der Waals surface area (Å²) in [6.07, 6.45) is 7.93. The van der Waals surface area contributed by atoms with Crippen molar-refractivity contribution in [2.24, 2.45) is 11.8 Å². The van der Waals surface area contributed by atoms with Crippen molar-refractivity contribution in [1.29, 1.82) is 5.26 Å². The van der Waals surface area contributed by atoms with Crippen molar-refractivity contribution in [3.05, 3.63) is 65.2 Å². The van der Waals surface area contributed by atoms with Crippen LogP contribution in [0.1, 0.15) is 69.1 Å². The van der Waals surface area contributed by atoms with Crippen LogP contribution in [-0.2, 0) is 0 Å². The predicted molar refractivity (Wildman–Crippen MR) is 106 cm³/mol. The molecule has 0 radical (unpaired) electrons. The summed E-state index contributed by atoms with van der Waals surface area (Å²) in [5.41, 5.74) is 0.422. The van der Waals surface area contributed by atoms with Crippen LogP contribution in [0.4, 0.5) is 8.78 Å². The average molecular weight is 383 g/mol. The van der Waals surface area contributed by atoms with E-state index in [4.69, 9.17) is 10.00 Å². The molecule has 0 spiro atoms. The van der Waals surface area contributed by atoms with Gasteiger partial charge in [-0.15, -0.1) is 0 Å². The fraction of sp³-hybridized carbons (Fsp3) is 0.458. The molecule has 2 nitrogen and oxygen atoms in total. The standard InChI is InChI=1S/C24H27F2NO/c1-2-17-8-10-18(11-9-17)12-13-24(19-6-4-3-5-7-19)28-20-14-22(25)21(16-27)23(26)15-20/h3-7,14-15,17-18,24H,2,8-13H2,1H3/t17-,18-,24?. The summed E-state index contributed by atoms with van der Waals surface area (Å²) in [6.45, 7) is 2.26. The van der Waals surface area contributed by atoms with E-state index in [1.807, 2.05) is 30.3 Å². The Morgan fingerprint density at radius 2 is 1.64 bits per heavy atom. The molecule has 1 fully saturated rings. The van der Waals surface area contributed by atoms with Gasteiger partial charge in [0.1, 0.15) is 35.1 Å². The fourth-order valence-electron chi connectivity index (χ4n) is 4.17. The number of halogens is 2. The molecule has 1 aliphatic carbocycles. The van der Waals surface area contributed by atoms with E-state index in [9.17, 15) is 8.78 Å².